The molecule has 3 amide bonds. The fraction of sp³-hybridized carbons (Fsp3) is 0.526. The Labute approximate surface area is 140 Å². The number of benzene rings is 1. The van der Waals surface area contributed by atoms with Gasteiger partial charge in [0.25, 0.3) is 0 Å². The van der Waals surface area contributed by atoms with Crippen LogP contribution in [-0.4, -0.2) is 24.8 Å². The van der Waals surface area contributed by atoms with E-state index < -0.39 is 0 Å². The number of hydrogen-bond acceptors (Lipinski definition) is 3. The van der Waals surface area contributed by atoms with E-state index >= 15 is 0 Å². The molecule has 2 aliphatic heterocycles. The maximum absolute atomic E-state index is 12.8. The van der Waals surface area contributed by atoms with Crippen LogP contribution in [0.3, 0.4) is 0 Å². The van der Waals surface area contributed by atoms with Crippen molar-refractivity contribution in [3.05, 3.63) is 23.8 Å². The van der Waals surface area contributed by atoms with E-state index in [1.807, 2.05) is 18.2 Å². The van der Waals surface area contributed by atoms with Crippen LogP contribution in [-0.2, 0) is 19.8 Å². The van der Waals surface area contributed by atoms with Crippen LogP contribution in [0.2, 0.25) is 0 Å². The smallest absolute Gasteiger partial charge is 0.237 e. The lowest BCUT2D eigenvalue weighted by Crippen LogP contribution is -2.31. The molecule has 0 radical (unpaired) electrons. The first kappa shape index (κ1) is 14.2. The highest BCUT2D eigenvalue weighted by Gasteiger charge is 2.58. The fourth-order valence-corrected chi connectivity index (χ4v) is 4.91. The lowest BCUT2D eigenvalue weighted by atomic mass is 9.81. The minimum atomic E-state index is -0.324. The average molecular weight is 324 g/mol. The van der Waals surface area contributed by atoms with E-state index in [9.17, 15) is 14.4 Å². The van der Waals surface area contributed by atoms with E-state index in [0.717, 1.165) is 49.8 Å². The Bertz CT molecular complexity index is 772. The molecule has 2 atom stereocenters. The van der Waals surface area contributed by atoms with Gasteiger partial charge in [-0.3, -0.25) is 14.4 Å². The molecule has 1 aromatic rings. The van der Waals surface area contributed by atoms with Gasteiger partial charge in [0, 0.05) is 12.7 Å². The van der Waals surface area contributed by atoms with Crippen LogP contribution in [0, 0.1) is 11.8 Å². The normalized spacial score (nSPS) is 30.1. The van der Waals surface area contributed by atoms with Crippen LogP contribution in [0.1, 0.15) is 44.1 Å². The monoisotopic (exact) mass is 324 g/mol. The second-order valence-electron chi connectivity index (χ2n) is 7.66. The van der Waals surface area contributed by atoms with Crippen LogP contribution in [0.15, 0.2) is 18.2 Å². The first-order valence-electron chi connectivity index (χ1n) is 8.85. The fourth-order valence-electron chi connectivity index (χ4n) is 4.91. The highest BCUT2D eigenvalue weighted by Crippen LogP contribution is 2.57. The standard InChI is InChI=1S/C19H20N2O3/c1-20-15-10-11(6-7-14(15)19(8-9-19)18(20)24)21-16(22)12-4-2-3-5-13(12)17(21)23/h6-7,10,12-13H,2-5,8-9H2,1H3. The van der Waals surface area contributed by atoms with E-state index in [1.165, 1.54) is 4.90 Å². The van der Waals surface area contributed by atoms with Gasteiger partial charge < -0.3 is 4.90 Å². The molecule has 5 heteroatoms. The summed E-state index contributed by atoms with van der Waals surface area (Å²) >= 11 is 0. The Balaban J connectivity index is 1.56. The molecule has 4 aliphatic rings. The number of nitrogens with zero attached hydrogens (tertiary/aromatic N) is 2. The number of anilines is 2. The quantitative estimate of drug-likeness (QED) is 0.745. The molecule has 5 nitrogen and oxygen atoms in total. The number of likely N-dealkylation sites (N-methyl/N-ethyl adjacent to an activating group) is 1. The van der Waals surface area contributed by atoms with Gasteiger partial charge in [0.1, 0.15) is 0 Å². The summed E-state index contributed by atoms with van der Waals surface area (Å²) < 4.78 is 0. The molecule has 2 unspecified atom stereocenters. The lowest BCUT2D eigenvalue weighted by molar-refractivity contribution is -0.122. The second kappa shape index (κ2) is 4.47. The minimum Gasteiger partial charge on any atom is -0.314 e. The Hall–Kier alpha value is -2.17. The van der Waals surface area contributed by atoms with Crippen LogP contribution in [0.4, 0.5) is 11.4 Å². The van der Waals surface area contributed by atoms with Crippen molar-refractivity contribution in [2.24, 2.45) is 11.8 Å². The van der Waals surface area contributed by atoms with Gasteiger partial charge in [0.2, 0.25) is 17.7 Å². The number of carbonyl (C=O) groups excluding carboxylic acids is 3. The van der Waals surface area contributed by atoms with Crippen molar-refractivity contribution in [2.45, 2.75) is 43.9 Å². The van der Waals surface area contributed by atoms with Crippen LogP contribution in [0.5, 0.6) is 0 Å². The Morgan fingerprint density at radius 3 is 2.21 bits per heavy atom. The highest BCUT2D eigenvalue weighted by atomic mass is 16.2. The van der Waals surface area contributed by atoms with E-state index in [0.29, 0.717) is 5.69 Å². The van der Waals surface area contributed by atoms with E-state index in [1.54, 1.807) is 11.9 Å². The summed E-state index contributed by atoms with van der Waals surface area (Å²) in [5.41, 5.74) is 2.20. The number of carbonyl (C=O) groups is 3. The maximum atomic E-state index is 12.8. The van der Waals surface area contributed by atoms with E-state index in [4.69, 9.17) is 0 Å². The lowest BCUT2D eigenvalue weighted by Gasteiger charge is -2.19. The minimum absolute atomic E-state index is 0.0576. The van der Waals surface area contributed by atoms with Crippen LogP contribution >= 0.6 is 0 Å². The van der Waals surface area contributed by atoms with Gasteiger partial charge >= 0.3 is 0 Å². The molecule has 24 heavy (non-hydrogen) atoms. The maximum Gasteiger partial charge on any atom is 0.237 e. The first-order valence-corrected chi connectivity index (χ1v) is 8.85. The third-order valence-electron chi connectivity index (χ3n) is 6.42. The summed E-state index contributed by atoms with van der Waals surface area (Å²) in [5, 5.41) is 0. The van der Waals surface area contributed by atoms with Crippen LogP contribution in [0.25, 0.3) is 0 Å². The van der Waals surface area contributed by atoms with Crippen molar-refractivity contribution < 1.29 is 14.4 Å². The number of imide groups is 1. The molecule has 0 bridgehead atoms. The number of fused-ring (bicyclic) bond motifs is 3. The third-order valence-corrected chi connectivity index (χ3v) is 6.42. The van der Waals surface area contributed by atoms with Crippen molar-refractivity contribution in [1.29, 1.82) is 0 Å². The van der Waals surface area contributed by atoms with Crippen molar-refractivity contribution >= 4 is 29.1 Å². The zero-order valence-electron chi connectivity index (χ0n) is 13.7. The van der Waals surface area contributed by atoms with Gasteiger partial charge in [-0.05, 0) is 43.4 Å². The van der Waals surface area contributed by atoms with Gasteiger partial charge in [0.15, 0.2) is 0 Å². The van der Waals surface area contributed by atoms with Gasteiger partial charge in [-0.15, -0.1) is 0 Å². The summed E-state index contributed by atoms with van der Waals surface area (Å²) in [6.07, 6.45) is 5.48. The predicted molar refractivity (Wildman–Crippen MR) is 88.7 cm³/mol. The average Bonchev–Trinajstić information content (AvgIpc) is 3.33. The predicted octanol–water partition coefficient (Wildman–Crippen LogP) is 2.37. The first-order chi connectivity index (χ1) is 11.5. The number of rotatable bonds is 1. The Morgan fingerprint density at radius 1 is 1.00 bits per heavy atom. The topological polar surface area (TPSA) is 57.7 Å². The van der Waals surface area contributed by atoms with Gasteiger partial charge in [-0.2, -0.15) is 0 Å². The molecule has 2 aliphatic carbocycles. The van der Waals surface area contributed by atoms with E-state index in [-0.39, 0.29) is 35.0 Å². The second-order valence-corrected chi connectivity index (χ2v) is 7.66. The third kappa shape index (κ3) is 1.57. The van der Waals surface area contributed by atoms with Crippen molar-refractivity contribution in [3.8, 4) is 0 Å². The number of amides is 3. The molecule has 5 rings (SSSR count). The summed E-state index contributed by atoms with van der Waals surface area (Å²) in [6, 6.07) is 5.65. The SMILES string of the molecule is CN1C(=O)C2(CC2)c2ccc(N3C(=O)C4CCCCC4C3=O)cc21. The summed E-state index contributed by atoms with van der Waals surface area (Å²) in [6.45, 7) is 0. The Morgan fingerprint density at radius 2 is 1.62 bits per heavy atom. The molecular formula is C19H20N2O3. The zero-order chi connectivity index (χ0) is 16.6. The summed E-state index contributed by atoms with van der Waals surface area (Å²) in [5.74, 6) is -0.264. The van der Waals surface area contributed by atoms with Gasteiger partial charge in [-0.1, -0.05) is 18.9 Å². The van der Waals surface area contributed by atoms with Crippen molar-refractivity contribution in [2.75, 3.05) is 16.8 Å². The molecule has 3 fully saturated rings. The van der Waals surface area contributed by atoms with Crippen LogP contribution < -0.4 is 9.80 Å². The highest BCUT2D eigenvalue weighted by molar-refractivity contribution is 6.22. The van der Waals surface area contributed by atoms with Gasteiger partial charge in [0.05, 0.1) is 22.9 Å². The molecular weight excluding hydrogens is 304 g/mol. The largest absolute Gasteiger partial charge is 0.314 e. The number of hydrogen-bond donors (Lipinski definition) is 0. The summed E-state index contributed by atoms with van der Waals surface area (Å²) in [4.78, 5) is 41.1. The molecule has 1 spiro atoms. The molecule has 2 heterocycles. The van der Waals surface area contributed by atoms with Crippen molar-refractivity contribution in [1.82, 2.24) is 0 Å². The molecule has 2 saturated carbocycles. The Kier molecular flexibility index (Phi) is 2.64. The molecule has 1 saturated heterocycles. The molecule has 0 aromatic heterocycles. The molecule has 124 valence electrons. The van der Waals surface area contributed by atoms with E-state index in [2.05, 4.69) is 0 Å². The molecule has 1 aromatic carbocycles. The summed E-state index contributed by atoms with van der Waals surface area (Å²) in [7, 11) is 1.78. The van der Waals surface area contributed by atoms with Gasteiger partial charge in [-0.25, -0.2) is 4.90 Å². The van der Waals surface area contributed by atoms with Crippen molar-refractivity contribution in [3.63, 3.8) is 0 Å². The molecule has 0 N–H and O–H groups in total. The zero-order valence-corrected chi connectivity index (χ0v) is 13.7.